The minimum Gasteiger partial charge on any atom is -0.346 e. The predicted octanol–water partition coefficient (Wildman–Crippen LogP) is 3.58. The molecule has 2 saturated carbocycles. The lowest BCUT2D eigenvalue weighted by molar-refractivity contribution is -0.128. The molecule has 4 rings (SSSR count). The zero-order valence-corrected chi connectivity index (χ0v) is 14.3. The fourth-order valence-electron chi connectivity index (χ4n) is 4.72. The van der Waals surface area contributed by atoms with Crippen LogP contribution in [-0.4, -0.2) is 15.7 Å². The Hall–Kier alpha value is -1.83. The van der Waals surface area contributed by atoms with Crippen LogP contribution in [0.25, 0.3) is 0 Å². The molecule has 5 heteroatoms. The molecular formula is C19H26N4O. The van der Waals surface area contributed by atoms with Crippen molar-refractivity contribution in [3.05, 3.63) is 17.5 Å². The molecule has 5 nitrogen and oxygen atoms in total. The third kappa shape index (κ3) is 2.62. The van der Waals surface area contributed by atoms with Gasteiger partial charge in [0.1, 0.15) is 5.41 Å². The maximum absolute atomic E-state index is 12.8. The zero-order valence-electron chi connectivity index (χ0n) is 14.3. The van der Waals surface area contributed by atoms with Crippen molar-refractivity contribution < 1.29 is 4.79 Å². The monoisotopic (exact) mass is 326 g/mol. The van der Waals surface area contributed by atoms with Gasteiger partial charge in [-0.1, -0.05) is 25.7 Å². The van der Waals surface area contributed by atoms with E-state index in [1.807, 2.05) is 0 Å². The van der Waals surface area contributed by atoms with Gasteiger partial charge in [0.15, 0.2) is 0 Å². The van der Waals surface area contributed by atoms with Crippen LogP contribution in [0.15, 0.2) is 6.20 Å². The molecule has 3 aliphatic carbocycles. The van der Waals surface area contributed by atoms with Gasteiger partial charge < -0.3 is 5.32 Å². The first-order valence-corrected chi connectivity index (χ1v) is 9.52. The van der Waals surface area contributed by atoms with E-state index in [2.05, 4.69) is 22.3 Å². The van der Waals surface area contributed by atoms with E-state index < -0.39 is 5.41 Å². The van der Waals surface area contributed by atoms with Gasteiger partial charge in [-0.15, -0.1) is 0 Å². The van der Waals surface area contributed by atoms with Gasteiger partial charge in [-0.2, -0.15) is 10.4 Å². The number of amides is 1. The van der Waals surface area contributed by atoms with Crippen LogP contribution in [0.2, 0.25) is 0 Å². The Kier molecular flexibility index (Phi) is 4.07. The maximum atomic E-state index is 12.8. The first-order chi connectivity index (χ1) is 11.7. The van der Waals surface area contributed by atoms with Crippen LogP contribution in [0.4, 0.5) is 0 Å². The zero-order chi connectivity index (χ0) is 16.6. The summed E-state index contributed by atoms with van der Waals surface area (Å²) in [5.74, 6) is -0.0734. The van der Waals surface area contributed by atoms with E-state index in [4.69, 9.17) is 5.10 Å². The predicted molar refractivity (Wildman–Crippen MR) is 90.1 cm³/mol. The standard InChI is InChI=1S/C19H26N4O/c20-13-19(10-3-4-11-19)18(24)21-16-9-5-6-14-12-23(22-17(14)16)15-7-1-2-8-15/h12,15-16H,1-11H2,(H,21,24)/t16-/m1/s1. The number of hydrogen-bond donors (Lipinski definition) is 1. The molecule has 2 fully saturated rings. The number of nitrogens with zero attached hydrogens (tertiary/aromatic N) is 3. The van der Waals surface area contributed by atoms with Gasteiger partial charge in [-0.3, -0.25) is 9.48 Å². The number of carbonyl (C=O) groups excluding carboxylic acids is 1. The summed E-state index contributed by atoms with van der Waals surface area (Å²) in [7, 11) is 0. The fraction of sp³-hybridized carbons (Fsp3) is 0.737. The Morgan fingerprint density at radius 2 is 1.96 bits per heavy atom. The number of hydrogen-bond acceptors (Lipinski definition) is 3. The second-order valence-corrected chi connectivity index (χ2v) is 7.78. The SMILES string of the molecule is N#CC1(C(=O)N[C@@H]2CCCc3cn(C4CCCC4)nc32)CCCC1. The van der Waals surface area contributed by atoms with E-state index in [1.54, 1.807) is 0 Å². The third-order valence-corrected chi connectivity index (χ3v) is 6.22. The number of aromatic nitrogens is 2. The Bertz CT molecular complexity index is 659. The summed E-state index contributed by atoms with van der Waals surface area (Å²) < 4.78 is 2.15. The van der Waals surface area contributed by atoms with Gasteiger partial charge >= 0.3 is 0 Å². The van der Waals surface area contributed by atoms with E-state index in [0.717, 1.165) is 37.8 Å². The lowest BCUT2D eigenvalue weighted by Gasteiger charge is -2.26. The topological polar surface area (TPSA) is 70.7 Å². The average molecular weight is 326 g/mol. The quantitative estimate of drug-likeness (QED) is 0.923. The molecular weight excluding hydrogens is 300 g/mol. The normalized spacial score (nSPS) is 26.0. The lowest BCUT2D eigenvalue weighted by atomic mass is 9.85. The summed E-state index contributed by atoms with van der Waals surface area (Å²) in [6.45, 7) is 0. The number of fused-ring (bicyclic) bond motifs is 1. The molecule has 1 N–H and O–H groups in total. The minimum atomic E-state index is -0.800. The second kappa shape index (κ2) is 6.23. The fourth-order valence-corrected chi connectivity index (χ4v) is 4.72. The molecule has 24 heavy (non-hydrogen) atoms. The van der Waals surface area contributed by atoms with Gasteiger partial charge in [-0.25, -0.2) is 0 Å². The Morgan fingerprint density at radius 1 is 1.21 bits per heavy atom. The number of nitrogens with one attached hydrogen (secondary N) is 1. The van der Waals surface area contributed by atoms with Crippen LogP contribution < -0.4 is 5.32 Å². The molecule has 0 unspecified atom stereocenters. The molecule has 0 spiro atoms. The highest BCUT2D eigenvalue weighted by atomic mass is 16.2. The van der Waals surface area contributed by atoms with Crippen LogP contribution >= 0.6 is 0 Å². The van der Waals surface area contributed by atoms with E-state index in [0.29, 0.717) is 18.9 Å². The summed E-state index contributed by atoms with van der Waals surface area (Å²) >= 11 is 0. The molecule has 0 radical (unpaired) electrons. The maximum Gasteiger partial charge on any atom is 0.241 e. The van der Waals surface area contributed by atoms with Crippen molar-refractivity contribution in [2.24, 2.45) is 5.41 Å². The van der Waals surface area contributed by atoms with Gasteiger partial charge in [0.05, 0.1) is 23.8 Å². The van der Waals surface area contributed by atoms with Gasteiger partial charge in [0, 0.05) is 6.20 Å². The van der Waals surface area contributed by atoms with Crippen molar-refractivity contribution in [3.8, 4) is 6.07 Å². The van der Waals surface area contributed by atoms with Crippen molar-refractivity contribution in [2.75, 3.05) is 0 Å². The molecule has 128 valence electrons. The van der Waals surface area contributed by atoms with E-state index in [1.165, 1.54) is 31.2 Å². The molecule has 1 aromatic heterocycles. The molecule has 1 heterocycles. The van der Waals surface area contributed by atoms with Crippen molar-refractivity contribution >= 4 is 5.91 Å². The highest BCUT2D eigenvalue weighted by Crippen LogP contribution is 2.39. The number of carbonyl (C=O) groups is 1. The van der Waals surface area contributed by atoms with E-state index >= 15 is 0 Å². The molecule has 1 aromatic rings. The smallest absolute Gasteiger partial charge is 0.241 e. The Morgan fingerprint density at radius 3 is 2.67 bits per heavy atom. The molecule has 0 bridgehead atoms. The first kappa shape index (κ1) is 15.7. The van der Waals surface area contributed by atoms with Gasteiger partial charge in [-0.05, 0) is 50.5 Å². The highest BCUT2D eigenvalue weighted by Gasteiger charge is 2.43. The summed E-state index contributed by atoms with van der Waals surface area (Å²) in [5, 5.41) is 17.6. The van der Waals surface area contributed by atoms with Crippen molar-refractivity contribution in [1.29, 1.82) is 5.26 Å². The van der Waals surface area contributed by atoms with E-state index in [-0.39, 0.29) is 11.9 Å². The molecule has 0 aromatic carbocycles. The van der Waals surface area contributed by atoms with Gasteiger partial charge in [0.25, 0.3) is 0 Å². The van der Waals surface area contributed by atoms with E-state index in [9.17, 15) is 10.1 Å². The van der Waals surface area contributed by atoms with Crippen LogP contribution in [-0.2, 0) is 11.2 Å². The summed E-state index contributed by atoms with van der Waals surface area (Å²) in [6, 6.07) is 2.82. The molecule has 3 aliphatic rings. The van der Waals surface area contributed by atoms with Crippen LogP contribution in [0.3, 0.4) is 0 Å². The number of nitriles is 1. The third-order valence-electron chi connectivity index (χ3n) is 6.22. The molecule has 1 atom stereocenters. The first-order valence-electron chi connectivity index (χ1n) is 9.52. The van der Waals surface area contributed by atoms with Crippen molar-refractivity contribution in [2.45, 2.75) is 82.7 Å². The average Bonchev–Trinajstić information content (AvgIpc) is 3.33. The summed E-state index contributed by atoms with van der Waals surface area (Å²) in [4.78, 5) is 12.8. The number of aryl methyl sites for hydroxylation is 1. The van der Waals surface area contributed by atoms with Crippen LogP contribution in [0.1, 0.15) is 87.5 Å². The summed E-state index contributed by atoms with van der Waals surface area (Å²) in [5.41, 5.74) is 1.54. The molecule has 0 saturated heterocycles. The second-order valence-electron chi connectivity index (χ2n) is 7.78. The van der Waals surface area contributed by atoms with Crippen molar-refractivity contribution in [1.82, 2.24) is 15.1 Å². The molecule has 1 amide bonds. The molecule has 0 aliphatic heterocycles. The minimum absolute atomic E-state index is 0.0188. The summed E-state index contributed by atoms with van der Waals surface area (Å²) in [6.07, 6.45) is 13.6. The lowest BCUT2D eigenvalue weighted by Crippen LogP contribution is -2.41. The van der Waals surface area contributed by atoms with Crippen molar-refractivity contribution in [3.63, 3.8) is 0 Å². The highest BCUT2D eigenvalue weighted by molar-refractivity contribution is 5.86. The van der Waals surface area contributed by atoms with Crippen LogP contribution in [0.5, 0.6) is 0 Å². The van der Waals surface area contributed by atoms with Gasteiger partial charge in [0.2, 0.25) is 5.91 Å². The largest absolute Gasteiger partial charge is 0.346 e. The number of rotatable bonds is 3. The Labute approximate surface area is 143 Å². The Balaban J connectivity index is 1.53. The van der Waals surface area contributed by atoms with Crippen LogP contribution in [0, 0.1) is 16.7 Å².